The van der Waals surface area contributed by atoms with Gasteiger partial charge in [-0.3, -0.25) is 9.59 Å². The van der Waals surface area contributed by atoms with Gasteiger partial charge in [-0.05, 0) is 70.1 Å². The third kappa shape index (κ3) is 6.60. The molecular weight excluding hydrogens is 585 g/mol. The number of carboxylic acid groups (broad SMARTS) is 1. The molecule has 1 amide bonds. The first-order valence-electron chi connectivity index (χ1n) is 12.0. The van der Waals surface area contributed by atoms with Crippen LogP contribution in [0.4, 0.5) is 0 Å². The number of thioether (sulfide) groups is 1. The molecule has 0 bridgehead atoms. The first-order chi connectivity index (χ1) is 16.9. The third-order valence-corrected chi connectivity index (χ3v) is 9.34. The molecule has 9 heteroatoms. The minimum absolute atomic E-state index is 0.0251. The molecule has 4 atom stereocenters. The fraction of sp³-hybridized carbons (Fsp3) is 0.481. The number of nitrogens with zero attached hydrogens (tertiary/aromatic N) is 1. The van der Waals surface area contributed by atoms with Gasteiger partial charge in [0.25, 0.3) is 5.91 Å². The van der Waals surface area contributed by atoms with Gasteiger partial charge in [-0.2, -0.15) is 11.8 Å². The van der Waals surface area contributed by atoms with Gasteiger partial charge in [-0.15, -0.1) is 0 Å². The average Bonchev–Trinajstić information content (AvgIpc) is 3.63. The summed E-state index contributed by atoms with van der Waals surface area (Å²) < 4.78 is 7.10. The van der Waals surface area contributed by atoms with Crippen molar-refractivity contribution < 1.29 is 19.4 Å². The molecule has 194 valence electrons. The molecular formula is C27H30BrCl2NO4S. The monoisotopic (exact) mass is 613 g/mol. The zero-order valence-corrected chi connectivity index (χ0v) is 24.3. The number of carbonyl (C=O) groups excluding carboxylic acids is 1. The van der Waals surface area contributed by atoms with E-state index in [-0.39, 0.29) is 16.7 Å². The lowest BCUT2D eigenvalue weighted by Crippen LogP contribution is -2.56. The van der Waals surface area contributed by atoms with Crippen LogP contribution in [0.15, 0.2) is 46.9 Å². The molecule has 1 N–H and O–H groups in total. The van der Waals surface area contributed by atoms with Gasteiger partial charge in [0.15, 0.2) is 0 Å². The number of carbonyl (C=O) groups is 2. The average molecular weight is 615 g/mol. The van der Waals surface area contributed by atoms with E-state index in [0.29, 0.717) is 16.0 Å². The van der Waals surface area contributed by atoms with Gasteiger partial charge in [-0.25, -0.2) is 0 Å². The Kier molecular flexibility index (Phi) is 8.67. The van der Waals surface area contributed by atoms with E-state index in [1.807, 2.05) is 59.1 Å². The van der Waals surface area contributed by atoms with E-state index in [2.05, 4.69) is 36.7 Å². The smallest absolute Gasteiger partial charge is 0.306 e. The summed E-state index contributed by atoms with van der Waals surface area (Å²) in [7, 11) is 0. The summed E-state index contributed by atoms with van der Waals surface area (Å²) in [6, 6.07) is 12.5. The topological polar surface area (TPSA) is 66.8 Å². The molecule has 0 radical (unpaired) electrons. The molecule has 0 unspecified atom stereocenters. The number of ether oxygens (including phenoxy) is 1. The molecule has 0 spiro atoms. The summed E-state index contributed by atoms with van der Waals surface area (Å²) in [5, 5.41) is 10.7. The number of amides is 1. The van der Waals surface area contributed by atoms with E-state index in [9.17, 15) is 14.7 Å². The number of aliphatic carboxylic acids is 1. The van der Waals surface area contributed by atoms with Gasteiger partial charge in [0.05, 0.1) is 17.5 Å². The Labute approximate surface area is 235 Å². The number of morpholine rings is 1. The van der Waals surface area contributed by atoms with Crippen LogP contribution in [0.5, 0.6) is 0 Å². The predicted octanol–water partition coefficient (Wildman–Crippen LogP) is 7.55. The second-order valence-corrected chi connectivity index (χ2v) is 13.9. The SMILES string of the molecule is CC(C)(C)SC[C@H](C1CC1)N1C(=O)[C@H](CC(=O)O)O[C@H](c2ccc(Br)c(Cl)c2)[C@H]1c1ccc(Cl)cc1. The van der Waals surface area contributed by atoms with Crippen LogP contribution in [0.2, 0.25) is 10.0 Å². The van der Waals surface area contributed by atoms with E-state index in [4.69, 9.17) is 27.9 Å². The lowest BCUT2D eigenvalue weighted by Gasteiger charge is -2.48. The quantitative estimate of drug-likeness (QED) is 0.332. The molecule has 1 aliphatic heterocycles. The maximum atomic E-state index is 14.0. The number of rotatable bonds is 8. The minimum atomic E-state index is -1.08. The normalized spacial score (nSPS) is 23.6. The Bertz CT molecular complexity index is 1120. The summed E-state index contributed by atoms with van der Waals surface area (Å²) in [5.41, 5.74) is 1.67. The molecule has 5 nitrogen and oxygen atoms in total. The highest BCUT2D eigenvalue weighted by atomic mass is 79.9. The molecule has 1 saturated carbocycles. The summed E-state index contributed by atoms with van der Waals surface area (Å²) >= 11 is 17.9. The zero-order valence-electron chi connectivity index (χ0n) is 20.4. The van der Waals surface area contributed by atoms with Gasteiger partial charge < -0.3 is 14.7 Å². The first kappa shape index (κ1) is 27.8. The highest BCUT2D eigenvalue weighted by Gasteiger charge is 2.50. The highest BCUT2D eigenvalue weighted by molar-refractivity contribution is 9.10. The lowest BCUT2D eigenvalue weighted by molar-refractivity contribution is -0.183. The lowest BCUT2D eigenvalue weighted by atomic mass is 9.89. The van der Waals surface area contributed by atoms with E-state index in [0.717, 1.165) is 34.2 Å². The van der Waals surface area contributed by atoms with Gasteiger partial charge >= 0.3 is 5.97 Å². The van der Waals surface area contributed by atoms with Crippen molar-refractivity contribution in [3.63, 3.8) is 0 Å². The summed E-state index contributed by atoms with van der Waals surface area (Å²) in [6.45, 7) is 6.50. The van der Waals surface area contributed by atoms with Crippen LogP contribution in [0.1, 0.15) is 63.3 Å². The molecule has 1 aliphatic carbocycles. The maximum absolute atomic E-state index is 14.0. The second-order valence-electron chi connectivity index (χ2n) is 10.4. The Hall–Kier alpha value is -1.25. The molecule has 2 aromatic carbocycles. The van der Waals surface area contributed by atoms with E-state index >= 15 is 0 Å². The largest absolute Gasteiger partial charge is 0.481 e. The van der Waals surface area contributed by atoms with E-state index < -0.39 is 30.6 Å². The molecule has 4 rings (SSSR count). The predicted molar refractivity (Wildman–Crippen MR) is 149 cm³/mol. The highest BCUT2D eigenvalue weighted by Crippen LogP contribution is 2.49. The van der Waals surface area contributed by atoms with E-state index in [1.54, 1.807) is 0 Å². The number of halogens is 3. The maximum Gasteiger partial charge on any atom is 0.306 e. The van der Waals surface area contributed by atoms with Gasteiger partial charge in [0.2, 0.25) is 0 Å². The number of carboxylic acids is 1. The van der Waals surface area contributed by atoms with Crippen molar-refractivity contribution in [3.05, 3.63) is 68.1 Å². The molecule has 2 aromatic rings. The summed E-state index contributed by atoms with van der Waals surface area (Å²) in [6.07, 6.45) is 0.0177. The zero-order chi connectivity index (χ0) is 26.2. The standard InChI is InChI=1S/C27H30BrCl2NO4S/c1-27(2,3)36-14-21(15-4-5-15)31-24(16-6-9-18(29)10-7-16)25(17-8-11-19(28)20(30)12-17)35-22(26(31)34)13-23(32)33/h6-12,15,21-22,24-25H,4-5,13-14H2,1-3H3,(H,32,33)/t21-,22+,24-,25-/m1/s1. The first-order valence-corrected chi connectivity index (χ1v) is 14.5. The fourth-order valence-corrected chi connectivity index (χ4v) is 6.29. The van der Waals surface area contributed by atoms with Gasteiger partial charge in [-0.1, -0.05) is 62.2 Å². The fourth-order valence-electron chi connectivity index (χ4n) is 4.63. The van der Waals surface area contributed by atoms with Crippen molar-refractivity contribution in [1.82, 2.24) is 4.90 Å². The van der Waals surface area contributed by atoms with Crippen LogP contribution >= 0.6 is 50.9 Å². The number of benzene rings is 2. The molecule has 0 aromatic heterocycles. The molecule has 1 heterocycles. The number of hydrogen-bond donors (Lipinski definition) is 1. The van der Waals surface area contributed by atoms with Crippen molar-refractivity contribution in [3.8, 4) is 0 Å². The molecule has 1 saturated heterocycles. The van der Waals surface area contributed by atoms with E-state index in [1.165, 1.54) is 0 Å². The van der Waals surface area contributed by atoms with Crippen molar-refractivity contribution in [2.75, 3.05) is 5.75 Å². The van der Waals surface area contributed by atoms with Crippen molar-refractivity contribution in [2.45, 2.75) is 69.1 Å². The van der Waals surface area contributed by atoms with Crippen LogP contribution in [0, 0.1) is 5.92 Å². The minimum Gasteiger partial charge on any atom is -0.481 e. The molecule has 2 fully saturated rings. The van der Waals surface area contributed by atoms with Crippen molar-refractivity contribution >= 4 is 62.8 Å². The van der Waals surface area contributed by atoms with Crippen LogP contribution in [-0.2, 0) is 14.3 Å². The Balaban J connectivity index is 1.85. The Morgan fingerprint density at radius 3 is 2.36 bits per heavy atom. The van der Waals surface area contributed by atoms with Gasteiger partial charge in [0, 0.05) is 26.0 Å². The molecule has 36 heavy (non-hydrogen) atoms. The summed E-state index contributed by atoms with van der Waals surface area (Å²) in [4.78, 5) is 27.6. The second kappa shape index (κ2) is 11.2. The van der Waals surface area contributed by atoms with Crippen LogP contribution in [0.25, 0.3) is 0 Å². The Morgan fingerprint density at radius 2 is 1.81 bits per heavy atom. The van der Waals surface area contributed by atoms with Crippen LogP contribution in [0.3, 0.4) is 0 Å². The third-order valence-electron chi connectivity index (χ3n) is 6.48. The molecule has 2 aliphatic rings. The van der Waals surface area contributed by atoms with Crippen LogP contribution in [-0.4, -0.2) is 44.5 Å². The number of hydrogen-bond acceptors (Lipinski definition) is 4. The van der Waals surface area contributed by atoms with Crippen LogP contribution < -0.4 is 0 Å². The van der Waals surface area contributed by atoms with Gasteiger partial charge in [0.1, 0.15) is 12.2 Å². The summed E-state index contributed by atoms with van der Waals surface area (Å²) in [5.74, 6) is -0.213. The van der Waals surface area contributed by atoms with Crippen molar-refractivity contribution in [1.29, 1.82) is 0 Å². The Morgan fingerprint density at radius 1 is 1.17 bits per heavy atom. The van der Waals surface area contributed by atoms with Crippen molar-refractivity contribution in [2.24, 2.45) is 5.92 Å².